The predicted molar refractivity (Wildman–Crippen MR) is 69.0 cm³/mol. The van der Waals surface area contributed by atoms with Gasteiger partial charge in [0.15, 0.2) is 11.6 Å². The van der Waals surface area contributed by atoms with Gasteiger partial charge in [0, 0.05) is 19.0 Å². The fourth-order valence-corrected chi connectivity index (χ4v) is 1.77. The Labute approximate surface area is 112 Å². The number of benzene rings is 1. The molecule has 0 spiro atoms. The van der Waals surface area contributed by atoms with Crippen LogP contribution in [0.15, 0.2) is 12.1 Å². The van der Waals surface area contributed by atoms with E-state index in [-0.39, 0.29) is 5.75 Å². The number of ether oxygens (including phenoxy) is 1. The van der Waals surface area contributed by atoms with Gasteiger partial charge in [0.2, 0.25) is 0 Å². The largest absolute Gasteiger partial charge is 0.494 e. The van der Waals surface area contributed by atoms with Gasteiger partial charge >= 0.3 is 0 Å². The monoisotopic (exact) mass is 268 g/mol. The van der Waals surface area contributed by atoms with E-state index in [4.69, 9.17) is 10.00 Å². The summed E-state index contributed by atoms with van der Waals surface area (Å²) in [5, 5.41) is 8.43. The van der Waals surface area contributed by atoms with Gasteiger partial charge in [-0.25, -0.2) is 8.78 Å². The zero-order chi connectivity index (χ0) is 14.3. The summed E-state index contributed by atoms with van der Waals surface area (Å²) in [4.78, 5) is 2.00. The Hall–Kier alpha value is -1.67. The third kappa shape index (κ3) is 4.84. The van der Waals surface area contributed by atoms with Crippen molar-refractivity contribution in [2.75, 3.05) is 27.2 Å². The van der Waals surface area contributed by atoms with E-state index in [1.807, 2.05) is 11.9 Å². The predicted octanol–water partition coefficient (Wildman–Crippen LogP) is 2.75. The van der Waals surface area contributed by atoms with Gasteiger partial charge in [-0.3, -0.25) is 0 Å². The zero-order valence-corrected chi connectivity index (χ0v) is 11.2. The summed E-state index contributed by atoms with van der Waals surface area (Å²) < 4.78 is 31.8. The molecule has 5 heteroatoms. The lowest BCUT2D eigenvalue weighted by atomic mass is 10.1. The molecule has 3 nitrogen and oxygen atoms in total. The number of nitrogens with zero attached hydrogens (tertiary/aromatic N) is 2. The number of likely N-dealkylation sites (N-methyl/N-ethyl adjacent to an activating group) is 1. The van der Waals surface area contributed by atoms with Crippen LogP contribution < -0.4 is 4.74 Å². The third-order valence-electron chi connectivity index (χ3n) is 2.91. The maximum absolute atomic E-state index is 13.7. The highest BCUT2D eigenvalue weighted by molar-refractivity contribution is 5.31. The van der Waals surface area contributed by atoms with E-state index in [2.05, 4.69) is 6.07 Å². The molecule has 0 aromatic heterocycles. The first-order valence-corrected chi connectivity index (χ1v) is 6.16. The molecule has 0 saturated heterocycles. The van der Waals surface area contributed by atoms with Crippen molar-refractivity contribution in [3.05, 3.63) is 29.3 Å². The molecular weight excluding hydrogens is 250 g/mol. The molecule has 0 unspecified atom stereocenters. The van der Waals surface area contributed by atoms with Gasteiger partial charge in [-0.15, -0.1) is 0 Å². The molecule has 1 rings (SSSR count). The molecule has 0 amide bonds. The molecule has 0 fully saturated rings. The number of hydrogen-bond donors (Lipinski definition) is 0. The fraction of sp³-hybridized carbons (Fsp3) is 0.500. The van der Waals surface area contributed by atoms with E-state index in [1.165, 1.54) is 13.2 Å². The van der Waals surface area contributed by atoms with E-state index >= 15 is 0 Å². The highest BCUT2D eigenvalue weighted by Crippen LogP contribution is 2.21. The van der Waals surface area contributed by atoms with Crippen molar-refractivity contribution in [2.45, 2.75) is 19.3 Å². The number of rotatable bonds is 7. The van der Waals surface area contributed by atoms with Gasteiger partial charge in [-0.05, 0) is 38.1 Å². The van der Waals surface area contributed by atoms with Crippen molar-refractivity contribution in [1.29, 1.82) is 5.26 Å². The quantitative estimate of drug-likeness (QED) is 0.713. The Morgan fingerprint density at radius 1 is 1.26 bits per heavy atom. The Morgan fingerprint density at radius 3 is 2.63 bits per heavy atom. The number of hydrogen-bond acceptors (Lipinski definition) is 3. The van der Waals surface area contributed by atoms with Crippen LogP contribution in [0.3, 0.4) is 0 Å². The fourth-order valence-electron chi connectivity index (χ4n) is 1.77. The lowest BCUT2D eigenvalue weighted by Crippen LogP contribution is -2.22. The van der Waals surface area contributed by atoms with Crippen LogP contribution in [0.25, 0.3) is 0 Å². The van der Waals surface area contributed by atoms with Crippen LogP contribution in [0.4, 0.5) is 8.78 Å². The summed E-state index contributed by atoms with van der Waals surface area (Å²) in [6.45, 7) is 1.39. The number of unbranched alkanes of at least 4 members (excludes halogenated alkanes) is 1. The Kier molecular flexibility index (Phi) is 6.23. The third-order valence-corrected chi connectivity index (χ3v) is 2.91. The molecule has 0 saturated carbocycles. The van der Waals surface area contributed by atoms with Crippen LogP contribution in [0.1, 0.15) is 18.4 Å². The van der Waals surface area contributed by atoms with Crippen LogP contribution >= 0.6 is 0 Å². The van der Waals surface area contributed by atoms with E-state index < -0.39 is 11.6 Å². The molecule has 0 bridgehead atoms. The maximum Gasteiger partial charge on any atom is 0.165 e. The molecule has 1 aromatic carbocycles. The second kappa shape index (κ2) is 7.70. The minimum atomic E-state index is -0.550. The number of halogens is 2. The van der Waals surface area contributed by atoms with Gasteiger partial charge in [-0.2, -0.15) is 5.26 Å². The van der Waals surface area contributed by atoms with E-state index in [1.54, 1.807) is 0 Å². The first-order valence-electron chi connectivity index (χ1n) is 6.16. The molecule has 1 aromatic rings. The van der Waals surface area contributed by atoms with E-state index in [9.17, 15) is 8.78 Å². The van der Waals surface area contributed by atoms with Crippen LogP contribution in [0.2, 0.25) is 0 Å². The molecule has 0 aliphatic heterocycles. The molecule has 0 N–H and O–H groups in total. The van der Waals surface area contributed by atoms with Crippen LogP contribution in [0, 0.1) is 23.0 Å². The lowest BCUT2D eigenvalue weighted by molar-refractivity contribution is 0.332. The number of methoxy groups -OCH3 is 1. The average molecular weight is 268 g/mol. The summed E-state index contributed by atoms with van der Waals surface area (Å²) >= 11 is 0. The first kappa shape index (κ1) is 15.4. The standard InChI is InChI=1S/C14H18F2N2O/c1-18(7-4-3-6-17)8-5-11-9-13(16)14(19-2)10-12(11)15/h9-10H,3-5,7-8H2,1-2H3. The van der Waals surface area contributed by atoms with Gasteiger partial charge in [0.25, 0.3) is 0 Å². The Morgan fingerprint density at radius 2 is 2.00 bits per heavy atom. The van der Waals surface area contributed by atoms with Crippen molar-refractivity contribution in [2.24, 2.45) is 0 Å². The topological polar surface area (TPSA) is 36.3 Å². The summed E-state index contributed by atoms with van der Waals surface area (Å²) in [6, 6.07) is 4.32. The van der Waals surface area contributed by atoms with Crippen LogP contribution in [-0.2, 0) is 6.42 Å². The average Bonchev–Trinajstić information content (AvgIpc) is 2.39. The lowest BCUT2D eigenvalue weighted by Gasteiger charge is -2.16. The summed E-state index contributed by atoms with van der Waals surface area (Å²) in [6.07, 6.45) is 1.72. The zero-order valence-electron chi connectivity index (χ0n) is 11.2. The van der Waals surface area contributed by atoms with Gasteiger partial charge in [0.1, 0.15) is 5.82 Å². The van der Waals surface area contributed by atoms with Crippen molar-refractivity contribution >= 4 is 0 Å². The molecule has 0 aliphatic rings. The highest BCUT2D eigenvalue weighted by Gasteiger charge is 2.10. The van der Waals surface area contributed by atoms with Crippen molar-refractivity contribution in [1.82, 2.24) is 4.90 Å². The molecule has 19 heavy (non-hydrogen) atoms. The first-order chi connectivity index (χ1) is 9.08. The molecular formula is C14H18F2N2O. The minimum absolute atomic E-state index is 0.0800. The molecule has 0 heterocycles. The van der Waals surface area contributed by atoms with E-state index in [0.717, 1.165) is 19.0 Å². The highest BCUT2D eigenvalue weighted by atomic mass is 19.1. The summed E-state index contributed by atoms with van der Waals surface area (Å²) in [5.41, 5.74) is 0.338. The maximum atomic E-state index is 13.7. The minimum Gasteiger partial charge on any atom is -0.494 e. The number of nitriles is 1. The van der Waals surface area contributed by atoms with Crippen LogP contribution in [0.5, 0.6) is 5.75 Å². The van der Waals surface area contributed by atoms with Crippen LogP contribution in [-0.4, -0.2) is 32.1 Å². The second-order valence-electron chi connectivity index (χ2n) is 4.39. The molecule has 0 radical (unpaired) electrons. The van der Waals surface area contributed by atoms with Gasteiger partial charge < -0.3 is 9.64 Å². The molecule has 0 aliphatic carbocycles. The van der Waals surface area contributed by atoms with Crippen molar-refractivity contribution in [3.63, 3.8) is 0 Å². The smallest absolute Gasteiger partial charge is 0.165 e. The van der Waals surface area contributed by atoms with Gasteiger partial charge in [0.05, 0.1) is 13.2 Å². The summed E-state index contributed by atoms with van der Waals surface area (Å²) in [5.74, 6) is -1.08. The van der Waals surface area contributed by atoms with Crippen molar-refractivity contribution < 1.29 is 13.5 Å². The Balaban J connectivity index is 2.54. The summed E-state index contributed by atoms with van der Waals surface area (Å²) in [7, 11) is 3.20. The normalized spacial score (nSPS) is 10.5. The second-order valence-corrected chi connectivity index (χ2v) is 4.39. The Bertz CT molecular complexity index is 457. The SMILES string of the molecule is COc1cc(F)c(CCN(C)CCCC#N)cc1F. The molecule has 104 valence electrons. The van der Waals surface area contributed by atoms with Crippen molar-refractivity contribution in [3.8, 4) is 11.8 Å². The molecule has 0 atom stereocenters. The van der Waals surface area contributed by atoms with Gasteiger partial charge in [-0.1, -0.05) is 0 Å². The van der Waals surface area contributed by atoms with E-state index in [0.29, 0.717) is 24.9 Å².